The Bertz CT molecular complexity index is 3190. The molecular formula is C46H41B2ClK2N4O13S2. The molecule has 0 bridgehead atoms. The van der Waals surface area contributed by atoms with E-state index in [4.69, 9.17) is 24.5 Å². The first-order chi connectivity index (χ1) is 31.8. The van der Waals surface area contributed by atoms with Crippen LogP contribution in [0.25, 0.3) is 66.8 Å². The average Bonchev–Trinajstić information content (AvgIpc) is 3.26. The fraction of sp³-hybridized carbons (Fsp3) is 0.0870. The summed E-state index contributed by atoms with van der Waals surface area (Å²) in [5.74, 6) is -2.68. The van der Waals surface area contributed by atoms with Crippen molar-refractivity contribution in [3.8, 4) is 50.7 Å². The fourth-order valence-electron chi connectivity index (χ4n) is 6.59. The molecule has 70 heavy (non-hydrogen) atoms. The third-order valence-electron chi connectivity index (χ3n) is 8.91. The Morgan fingerprint density at radius 1 is 0.629 bits per heavy atom. The van der Waals surface area contributed by atoms with E-state index in [1.807, 2.05) is 25.1 Å². The first-order valence-electron chi connectivity index (χ1n) is 18.9. The van der Waals surface area contributed by atoms with E-state index in [1.165, 1.54) is 61.8 Å². The van der Waals surface area contributed by atoms with Gasteiger partial charge in [-0.2, -0.15) is 0 Å². The molecule has 2 aliphatic heterocycles. The number of nitrogens with two attached hydrogens (primary N) is 1. The van der Waals surface area contributed by atoms with Crippen molar-refractivity contribution in [3.05, 3.63) is 146 Å². The van der Waals surface area contributed by atoms with Crippen LogP contribution in [0, 0.1) is 6.92 Å². The van der Waals surface area contributed by atoms with Gasteiger partial charge in [-0.05, 0) is 90.3 Å². The number of carbonyl (C=O) groups is 4. The van der Waals surface area contributed by atoms with Crippen LogP contribution in [0.3, 0.4) is 0 Å². The Morgan fingerprint density at radius 3 is 1.47 bits per heavy atom. The van der Waals surface area contributed by atoms with Gasteiger partial charge in [-0.1, -0.05) is 24.3 Å². The number of amides is 1. The standard InChI is InChI=1S/C23H17NO5.C20H13NO5.C2H4O2.CH3Cl.2BHNS.2K.H2O/c1-12-3-6-17-20(9-12)29-21-11-15(26)5-8-18(21)22(17)16-7-4-14(24-13(2)25)10-19(16)23(27)28;21-10-1-4-13(16(7-10)20(24)25)19-14-5-2-11(22)8-17(14)26-18-9-12(23)3-6-15(18)19;1-2(3)4;1-2;2*1-2-3;;;/h3-11H,1-2H3,(H,24,25)(H,27,28);1-9,22H,21H2,(H,24,25);1H3,(H,3,4);1H3;2*3H;;;1H2/q;;;;2*-1;2*+1;. The third kappa shape index (κ3) is 18.1. The molecule has 0 spiro atoms. The van der Waals surface area contributed by atoms with Gasteiger partial charge >= 0.3 is 115 Å². The van der Waals surface area contributed by atoms with Crippen LogP contribution in [-0.4, -0.2) is 71.4 Å². The van der Waals surface area contributed by atoms with E-state index in [0.29, 0.717) is 72.8 Å². The second kappa shape index (κ2) is 31.9. The first kappa shape index (κ1) is 65.7. The summed E-state index contributed by atoms with van der Waals surface area (Å²) in [5.41, 5.74) is 11.4. The average molecular weight is 1060 g/mol. The van der Waals surface area contributed by atoms with Gasteiger partial charge in [0.1, 0.15) is 28.4 Å². The van der Waals surface area contributed by atoms with Crippen LogP contribution in [0.15, 0.2) is 136 Å². The van der Waals surface area contributed by atoms with Crippen LogP contribution in [-0.2, 0) is 9.59 Å². The Labute approximate surface area is 503 Å². The molecule has 2 aliphatic carbocycles. The molecule has 9 N–H and O–H groups in total. The van der Waals surface area contributed by atoms with Crippen molar-refractivity contribution in [1.29, 1.82) is 0 Å². The maximum Gasteiger partial charge on any atom is 1.00 e. The number of aromatic hydroxyl groups is 1. The summed E-state index contributed by atoms with van der Waals surface area (Å²) in [5, 5.41) is 40.6. The minimum absolute atomic E-state index is 0. The molecule has 350 valence electrons. The Balaban J connectivity index is 0.00000108. The van der Waals surface area contributed by atoms with Gasteiger partial charge in [0.25, 0.3) is 5.97 Å². The van der Waals surface area contributed by atoms with Gasteiger partial charge in [-0.15, -0.1) is 37.2 Å². The van der Waals surface area contributed by atoms with Gasteiger partial charge in [0.15, 0.2) is 10.9 Å². The molecule has 0 unspecified atom stereocenters. The van der Waals surface area contributed by atoms with Crippen molar-refractivity contribution in [1.82, 2.24) is 0 Å². The van der Waals surface area contributed by atoms with E-state index in [0.717, 1.165) is 17.9 Å². The quantitative estimate of drug-likeness (QED) is 0.0405. The zero-order chi connectivity index (χ0) is 50.1. The number of aliphatic carboxylic acids is 1. The number of hydrogen-bond donors (Lipinski definition) is 8. The molecule has 0 saturated carbocycles. The molecular weight excluding hydrogens is 1020 g/mol. The number of nitrogens with zero attached hydrogens (tertiary/aromatic N) is 2. The number of phenols is 1. The number of benzene rings is 6. The van der Waals surface area contributed by atoms with Crippen molar-refractivity contribution < 1.29 is 157 Å². The molecule has 0 aromatic heterocycles. The molecule has 8 rings (SSSR count). The SMILES string of the molecule is CC(=O)Nc1ccc(-c2c3ccc(=O)cc-3oc3cc(C)ccc23)c(C(=O)O)c1.CC(=O)O.CCl.Nc1ccc(-c2c3ccc(=O)cc-3oc3cc(O)ccc23)c(C(=O)O)c1.O.[B-]=NS.[B-]=NS.[K+].[K+]. The molecule has 4 aromatic carbocycles. The first-order valence-corrected chi connectivity index (χ1v) is 20.5. The molecule has 4 aliphatic rings. The van der Waals surface area contributed by atoms with Gasteiger partial charge < -0.3 is 69.7 Å². The molecule has 4 radical (unpaired) electrons. The number of nitrogen functional groups attached to an aromatic ring is 1. The van der Waals surface area contributed by atoms with Gasteiger partial charge in [-0.25, -0.2) is 9.59 Å². The maximum absolute atomic E-state index is 12.0. The van der Waals surface area contributed by atoms with Crippen molar-refractivity contribution in [2.24, 2.45) is 8.60 Å². The van der Waals surface area contributed by atoms with Gasteiger partial charge in [-0.3, -0.25) is 19.2 Å². The summed E-state index contributed by atoms with van der Waals surface area (Å²) in [6.45, 7) is 4.37. The predicted molar refractivity (Wildman–Crippen MR) is 271 cm³/mol. The van der Waals surface area contributed by atoms with Gasteiger partial charge in [0, 0.05) is 82.8 Å². The summed E-state index contributed by atoms with van der Waals surface area (Å²) in [4.78, 5) is 67.7. The minimum Gasteiger partial charge on any atom is -0.574 e. The van der Waals surface area contributed by atoms with Crippen molar-refractivity contribution in [3.63, 3.8) is 0 Å². The fourth-order valence-corrected chi connectivity index (χ4v) is 6.59. The number of rotatable bonds is 5. The van der Waals surface area contributed by atoms with Gasteiger partial charge in [0.05, 0.1) is 11.1 Å². The molecule has 0 saturated heterocycles. The summed E-state index contributed by atoms with van der Waals surface area (Å²) in [6.07, 6.45) is 1.47. The zero-order valence-electron chi connectivity index (χ0n) is 38.3. The number of anilines is 2. The zero-order valence-corrected chi connectivity index (χ0v) is 47.1. The summed E-state index contributed by atoms with van der Waals surface area (Å²) < 4.78 is 17.1. The Morgan fingerprint density at radius 2 is 1.03 bits per heavy atom. The monoisotopic (exact) mass is 1060 g/mol. The van der Waals surface area contributed by atoms with Crippen molar-refractivity contribution in [2.75, 3.05) is 17.4 Å². The number of carboxylic acid groups (broad SMARTS) is 3. The van der Waals surface area contributed by atoms with E-state index in [-0.39, 0.29) is 142 Å². The van der Waals surface area contributed by atoms with E-state index in [2.05, 4.69) is 66.4 Å². The molecule has 24 heteroatoms. The molecule has 0 atom stereocenters. The number of aromatic carboxylic acids is 2. The van der Waals surface area contributed by atoms with Crippen LogP contribution in [0.2, 0.25) is 0 Å². The van der Waals surface area contributed by atoms with Crippen LogP contribution >= 0.6 is 37.2 Å². The number of alkyl halides is 1. The van der Waals surface area contributed by atoms with Crippen LogP contribution in [0.5, 0.6) is 5.75 Å². The van der Waals surface area contributed by atoms with Crippen LogP contribution in [0.1, 0.15) is 40.1 Å². The summed E-state index contributed by atoms with van der Waals surface area (Å²) in [6, 6.07) is 28.4. The number of fused-ring (bicyclic) bond motifs is 4. The molecule has 2 heterocycles. The second-order valence-corrected chi connectivity index (χ2v) is 14.0. The van der Waals surface area contributed by atoms with E-state index in [1.54, 1.807) is 42.5 Å². The normalized spacial score (nSPS) is 9.47. The number of carbonyl (C=O) groups excluding carboxylic acids is 1. The van der Waals surface area contributed by atoms with E-state index >= 15 is 0 Å². The molecule has 0 fully saturated rings. The van der Waals surface area contributed by atoms with E-state index in [9.17, 15) is 39.3 Å². The number of halogens is 1. The number of nitrogens with one attached hydrogen (secondary N) is 1. The topological polar surface area (TPSA) is 304 Å². The molecule has 17 nitrogen and oxygen atoms in total. The Hall–Kier alpha value is -4.31. The van der Waals surface area contributed by atoms with Gasteiger partial charge in [0.2, 0.25) is 5.91 Å². The third-order valence-corrected chi connectivity index (χ3v) is 8.91. The van der Waals surface area contributed by atoms with Crippen LogP contribution in [0.4, 0.5) is 11.4 Å². The summed E-state index contributed by atoms with van der Waals surface area (Å²) in [7, 11) is 8.67. The Kier molecular flexibility index (Phi) is 29.9. The number of hydrogen-bond acceptors (Lipinski definition) is 14. The number of aryl methyl sites for hydroxylation is 1. The molecule has 1 amide bonds. The molecule has 4 aromatic rings. The minimum atomic E-state index is -1.12. The number of phenolic OH excluding ortho intramolecular Hbond substituents is 1. The summed E-state index contributed by atoms with van der Waals surface area (Å²) >= 11 is 11.0. The van der Waals surface area contributed by atoms with Crippen molar-refractivity contribution >= 4 is 110 Å². The van der Waals surface area contributed by atoms with Crippen molar-refractivity contribution in [2.45, 2.75) is 20.8 Å². The largest absolute Gasteiger partial charge is 1.00 e. The van der Waals surface area contributed by atoms with E-state index < -0.39 is 17.9 Å². The smallest absolute Gasteiger partial charge is 0.574 e. The predicted octanol–water partition coefficient (Wildman–Crippen LogP) is 2.58. The van der Waals surface area contributed by atoms with Crippen LogP contribution < -0.4 is 125 Å². The second-order valence-electron chi connectivity index (χ2n) is 13.6. The number of thiol groups is 2. The maximum atomic E-state index is 12.0. The number of carboxylic acids is 3.